The average molecular weight is 465 g/mol. The molecule has 1 aliphatic heterocycles. The minimum Gasteiger partial charge on any atom is -0.339 e. The lowest BCUT2D eigenvalue weighted by Gasteiger charge is -2.26. The van der Waals surface area contributed by atoms with Crippen molar-refractivity contribution in [2.24, 2.45) is 0 Å². The summed E-state index contributed by atoms with van der Waals surface area (Å²) >= 11 is 7.84. The second-order valence-electron chi connectivity index (χ2n) is 7.56. The Hall–Kier alpha value is -3.23. The van der Waals surface area contributed by atoms with Gasteiger partial charge in [-0.05, 0) is 49.6 Å². The maximum absolute atomic E-state index is 12.8. The molecule has 32 heavy (non-hydrogen) atoms. The quantitative estimate of drug-likeness (QED) is 0.385. The predicted molar refractivity (Wildman–Crippen MR) is 129 cm³/mol. The van der Waals surface area contributed by atoms with Crippen molar-refractivity contribution < 1.29 is 4.79 Å². The van der Waals surface area contributed by atoms with Crippen LogP contribution in [0.15, 0.2) is 54.7 Å². The molecule has 2 aromatic heterocycles. The Balaban J connectivity index is 1.34. The molecule has 1 amide bonds. The monoisotopic (exact) mass is 464 g/mol. The number of halogens is 1. The maximum Gasteiger partial charge on any atom is 0.253 e. The second-order valence-corrected chi connectivity index (χ2v) is 9.00. The Morgan fingerprint density at radius 3 is 2.69 bits per heavy atom. The standard InChI is InChI=1S/C23H21ClN6OS/c24-17-14-25-22(28-20(17)29-23-27-18-9-2-3-10-19(18)32-23)26-16-8-6-7-15(13-16)21(31)30-11-4-1-5-12-30/h2-3,6-10,13-14H,1,4-5,11-12H2,(H2,25,26,27,28,29). The van der Waals surface area contributed by atoms with Gasteiger partial charge in [-0.2, -0.15) is 4.98 Å². The number of nitrogens with one attached hydrogen (secondary N) is 2. The van der Waals surface area contributed by atoms with Crippen molar-refractivity contribution in [2.45, 2.75) is 19.3 Å². The number of nitrogens with zero attached hydrogens (tertiary/aromatic N) is 4. The molecule has 0 unspecified atom stereocenters. The molecule has 9 heteroatoms. The highest BCUT2D eigenvalue weighted by atomic mass is 35.5. The largest absolute Gasteiger partial charge is 0.339 e. The molecule has 1 aliphatic rings. The molecule has 0 spiro atoms. The van der Waals surface area contributed by atoms with Gasteiger partial charge in [0.25, 0.3) is 5.91 Å². The van der Waals surface area contributed by atoms with Crippen molar-refractivity contribution >= 4 is 61.6 Å². The SMILES string of the molecule is O=C(c1cccc(Nc2ncc(Cl)c(Nc3nc4ccccc4s3)n2)c1)N1CCCCC1. The molecule has 0 atom stereocenters. The minimum atomic E-state index is 0.0589. The molecule has 1 saturated heterocycles. The number of carbonyl (C=O) groups is 1. The van der Waals surface area contributed by atoms with E-state index in [0.717, 1.165) is 41.8 Å². The molecule has 7 nitrogen and oxygen atoms in total. The van der Waals surface area contributed by atoms with Crippen LogP contribution in [0.25, 0.3) is 10.2 Å². The van der Waals surface area contributed by atoms with Crippen LogP contribution in [0.1, 0.15) is 29.6 Å². The average Bonchev–Trinajstić information content (AvgIpc) is 3.24. The number of likely N-dealkylation sites (tertiary alicyclic amines) is 1. The number of hydrogen-bond donors (Lipinski definition) is 2. The van der Waals surface area contributed by atoms with E-state index < -0.39 is 0 Å². The van der Waals surface area contributed by atoms with Gasteiger partial charge in [0, 0.05) is 24.3 Å². The molecule has 0 saturated carbocycles. The van der Waals surface area contributed by atoms with E-state index in [1.165, 1.54) is 24.0 Å². The number of hydrogen-bond acceptors (Lipinski definition) is 7. The third-order valence-electron chi connectivity index (χ3n) is 5.27. The summed E-state index contributed by atoms with van der Waals surface area (Å²) in [6.45, 7) is 1.63. The number of fused-ring (bicyclic) bond motifs is 1. The number of benzene rings is 2. The lowest BCUT2D eigenvalue weighted by Crippen LogP contribution is -2.35. The van der Waals surface area contributed by atoms with Crippen molar-refractivity contribution in [1.29, 1.82) is 0 Å². The number of aromatic nitrogens is 3. The fourth-order valence-electron chi connectivity index (χ4n) is 3.68. The molecule has 2 N–H and O–H groups in total. The Kier molecular flexibility index (Phi) is 5.87. The van der Waals surface area contributed by atoms with Gasteiger partial charge in [-0.15, -0.1) is 0 Å². The second kappa shape index (κ2) is 9.10. The van der Waals surface area contributed by atoms with Crippen molar-refractivity contribution in [2.75, 3.05) is 23.7 Å². The van der Waals surface area contributed by atoms with Crippen molar-refractivity contribution in [3.63, 3.8) is 0 Å². The van der Waals surface area contributed by atoms with E-state index in [-0.39, 0.29) is 5.91 Å². The lowest BCUT2D eigenvalue weighted by atomic mass is 10.1. The Bertz CT molecular complexity index is 1240. The van der Waals surface area contributed by atoms with Gasteiger partial charge in [0.15, 0.2) is 10.9 Å². The Morgan fingerprint density at radius 2 is 1.84 bits per heavy atom. The first-order chi connectivity index (χ1) is 15.7. The zero-order chi connectivity index (χ0) is 21.9. The van der Waals surface area contributed by atoms with Crippen LogP contribution in [-0.2, 0) is 0 Å². The molecule has 2 aromatic carbocycles. The molecule has 162 valence electrons. The van der Waals surface area contributed by atoms with Crippen LogP contribution in [0, 0.1) is 0 Å². The summed E-state index contributed by atoms with van der Waals surface area (Å²) in [6, 6.07) is 15.3. The highest BCUT2D eigenvalue weighted by Gasteiger charge is 2.18. The van der Waals surface area contributed by atoms with Crippen molar-refractivity contribution in [3.05, 3.63) is 65.3 Å². The summed E-state index contributed by atoms with van der Waals surface area (Å²) in [5.74, 6) is 0.896. The fraction of sp³-hybridized carbons (Fsp3) is 0.217. The van der Waals surface area contributed by atoms with Gasteiger partial charge < -0.3 is 15.5 Å². The molecule has 0 aliphatic carbocycles. The van der Waals surface area contributed by atoms with Gasteiger partial charge in [0.2, 0.25) is 5.95 Å². The molecular weight excluding hydrogens is 444 g/mol. The zero-order valence-electron chi connectivity index (χ0n) is 17.2. The summed E-state index contributed by atoms with van der Waals surface area (Å²) in [6.07, 6.45) is 4.85. The number of piperidine rings is 1. The van der Waals surface area contributed by atoms with E-state index in [0.29, 0.717) is 27.5 Å². The summed E-state index contributed by atoms with van der Waals surface area (Å²) < 4.78 is 1.08. The molecule has 1 fully saturated rings. The summed E-state index contributed by atoms with van der Waals surface area (Å²) in [5, 5.41) is 7.45. The minimum absolute atomic E-state index is 0.0589. The van der Waals surface area contributed by atoms with Gasteiger partial charge in [-0.1, -0.05) is 41.1 Å². The smallest absolute Gasteiger partial charge is 0.253 e. The van der Waals surface area contributed by atoms with Gasteiger partial charge >= 0.3 is 0 Å². The van der Waals surface area contributed by atoms with Crippen LogP contribution in [0.3, 0.4) is 0 Å². The van der Waals surface area contributed by atoms with E-state index >= 15 is 0 Å². The molecule has 0 radical (unpaired) electrons. The third kappa shape index (κ3) is 4.51. The summed E-state index contributed by atoms with van der Waals surface area (Å²) in [5.41, 5.74) is 2.30. The molecule has 4 aromatic rings. The van der Waals surface area contributed by atoms with Crippen LogP contribution in [0.2, 0.25) is 5.02 Å². The van der Waals surface area contributed by atoms with Crippen LogP contribution in [0.4, 0.5) is 22.6 Å². The first-order valence-electron chi connectivity index (χ1n) is 10.5. The molecule has 5 rings (SSSR count). The van der Waals surface area contributed by atoms with E-state index in [1.807, 2.05) is 53.4 Å². The number of thiazole rings is 1. The summed E-state index contributed by atoms with van der Waals surface area (Å²) in [7, 11) is 0. The third-order valence-corrected chi connectivity index (χ3v) is 6.50. The topological polar surface area (TPSA) is 83.0 Å². The van der Waals surface area contributed by atoms with Crippen LogP contribution in [-0.4, -0.2) is 38.8 Å². The fourth-order valence-corrected chi connectivity index (χ4v) is 4.68. The normalized spacial score (nSPS) is 13.8. The first-order valence-corrected chi connectivity index (χ1v) is 11.7. The number of amides is 1. The highest BCUT2D eigenvalue weighted by molar-refractivity contribution is 7.22. The van der Waals surface area contributed by atoms with Gasteiger partial charge in [0.1, 0.15) is 5.02 Å². The molecule has 3 heterocycles. The predicted octanol–water partition coefficient (Wildman–Crippen LogP) is 5.85. The van der Waals surface area contributed by atoms with Crippen LogP contribution >= 0.6 is 22.9 Å². The lowest BCUT2D eigenvalue weighted by molar-refractivity contribution is 0.0724. The number of anilines is 4. The van der Waals surface area contributed by atoms with E-state index in [1.54, 1.807) is 0 Å². The molecular formula is C23H21ClN6OS. The zero-order valence-corrected chi connectivity index (χ0v) is 18.8. The Morgan fingerprint density at radius 1 is 1.00 bits per heavy atom. The van der Waals surface area contributed by atoms with Crippen molar-refractivity contribution in [3.8, 4) is 0 Å². The Labute approximate surface area is 194 Å². The van der Waals surface area contributed by atoms with Gasteiger partial charge in [-0.3, -0.25) is 4.79 Å². The van der Waals surface area contributed by atoms with E-state index in [4.69, 9.17) is 11.6 Å². The summed E-state index contributed by atoms with van der Waals surface area (Å²) in [4.78, 5) is 28.1. The van der Waals surface area contributed by atoms with Gasteiger partial charge in [-0.25, -0.2) is 9.97 Å². The van der Waals surface area contributed by atoms with Crippen LogP contribution in [0.5, 0.6) is 0 Å². The number of para-hydroxylation sites is 1. The van der Waals surface area contributed by atoms with E-state index in [9.17, 15) is 4.79 Å². The van der Waals surface area contributed by atoms with Gasteiger partial charge in [0.05, 0.1) is 16.4 Å². The van der Waals surface area contributed by atoms with E-state index in [2.05, 4.69) is 25.6 Å². The number of rotatable bonds is 5. The van der Waals surface area contributed by atoms with Crippen molar-refractivity contribution in [1.82, 2.24) is 19.9 Å². The molecule has 0 bridgehead atoms. The van der Waals surface area contributed by atoms with Crippen LogP contribution < -0.4 is 10.6 Å². The maximum atomic E-state index is 12.8. The highest BCUT2D eigenvalue weighted by Crippen LogP contribution is 2.30. The number of carbonyl (C=O) groups excluding carboxylic acids is 1. The first kappa shape index (κ1) is 20.7.